The smallest absolute Gasteiger partial charge is 0.270 e. The first-order chi connectivity index (χ1) is 12.5. The fourth-order valence-electron chi connectivity index (χ4n) is 2.03. The first kappa shape index (κ1) is 18.6. The molecule has 0 spiro atoms. The molecule has 26 heavy (non-hydrogen) atoms. The number of para-hydroxylation sites is 2. The molecule has 0 aliphatic carbocycles. The van der Waals surface area contributed by atoms with Crippen molar-refractivity contribution in [2.45, 2.75) is 6.42 Å². The standard InChI is InChI=1S/C17H16N4O5/c1-26-15-8-3-2-7-14(15)19-16(22)10-17(23)20-18-11-12-5-4-6-13(9-12)21(24)25/h2-9,11H,10H2,1H3,(H,19,22)(H,20,23). The lowest BCUT2D eigenvalue weighted by molar-refractivity contribution is -0.384. The van der Waals surface area contributed by atoms with Crippen molar-refractivity contribution in [2.75, 3.05) is 12.4 Å². The summed E-state index contributed by atoms with van der Waals surface area (Å²) in [6.45, 7) is 0. The summed E-state index contributed by atoms with van der Waals surface area (Å²) in [5.74, 6) is -0.679. The Kier molecular flexibility index (Phi) is 6.38. The number of non-ortho nitro benzene ring substituents is 1. The van der Waals surface area contributed by atoms with Crippen LogP contribution in [0.3, 0.4) is 0 Å². The Bertz CT molecular complexity index is 851. The third-order valence-corrected chi connectivity index (χ3v) is 3.19. The largest absolute Gasteiger partial charge is 0.495 e. The van der Waals surface area contributed by atoms with Gasteiger partial charge in [0.1, 0.15) is 12.2 Å². The minimum absolute atomic E-state index is 0.0866. The Balaban J connectivity index is 1.87. The summed E-state index contributed by atoms with van der Waals surface area (Å²) in [7, 11) is 1.47. The van der Waals surface area contributed by atoms with E-state index in [0.717, 1.165) is 0 Å². The first-order valence-corrected chi connectivity index (χ1v) is 7.49. The lowest BCUT2D eigenvalue weighted by Gasteiger charge is -2.09. The van der Waals surface area contributed by atoms with Crippen LogP contribution in [0.5, 0.6) is 5.75 Å². The number of rotatable bonds is 7. The topological polar surface area (TPSA) is 123 Å². The molecule has 2 aromatic carbocycles. The highest BCUT2D eigenvalue weighted by Crippen LogP contribution is 2.22. The van der Waals surface area contributed by atoms with Gasteiger partial charge in [0.15, 0.2) is 0 Å². The SMILES string of the molecule is COc1ccccc1NC(=O)CC(=O)NN=Cc1cccc([N+](=O)[O-])c1. The van der Waals surface area contributed by atoms with Crippen molar-refractivity contribution in [3.63, 3.8) is 0 Å². The van der Waals surface area contributed by atoms with Gasteiger partial charge in [0.05, 0.1) is 23.9 Å². The third kappa shape index (κ3) is 5.41. The lowest BCUT2D eigenvalue weighted by atomic mass is 10.2. The number of methoxy groups -OCH3 is 1. The molecule has 0 aliphatic rings. The van der Waals surface area contributed by atoms with Crippen molar-refractivity contribution in [1.29, 1.82) is 0 Å². The number of carbonyl (C=O) groups excluding carboxylic acids is 2. The molecule has 0 radical (unpaired) electrons. The number of nitro groups is 1. The molecular formula is C17H16N4O5. The van der Waals surface area contributed by atoms with E-state index in [1.807, 2.05) is 0 Å². The average molecular weight is 356 g/mol. The molecule has 0 aliphatic heterocycles. The highest BCUT2D eigenvalue weighted by Gasteiger charge is 2.11. The van der Waals surface area contributed by atoms with Gasteiger partial charge in [0.2, 0.25) is 11.8 Å². The van der Waals surface area contributed by atoms with E-state index in [1.54, 1.807) is 30.3 Å². The van der Waals surface area contributed by atoms with Gasteiger partial charge in [-0.25, -0.2) is 5.43 Å². The van der Waals surface area contributed by atoms with Gasteiger partial charge in [-0.3, -0.25) is 19.7 Å². The molecule has 0 heterocycles. The maximum absolute atomic E-state index is 11.9. The van der Waals surface area contributed by atoms with Gasteiger partial charge in [-0.05, 0) is 12.1 Å². The number of amides is 2. The van der Waals surface area contributed by atoms with E-state index in [4.69, 9.17) is 4.74 Å². The van der Waals surface area contributed by atoms with Gasteiger partial charge in [-0.1, -0.05) is 24.3 Å². The third-order valence-electron chi connectivity index (χ3n) is 3.19. The zero-order valence-corrected chi connectivity index (χ0v) is 13.8. The molecular weight excluding hydrogens is 340 g/mol. The maximum atomic E-state index is 11.9. The van der Waals surface area contributed by atoms with E-state index in [1.165, 1.54) is 31.5 Å². The number of ether oxygens (including phenoxy) is 1. The van der Waals surface area contributed by atoms with Gasteiger partial charge in [0.25, 0.3) is 5.69 Å². The van der Waals surface area contributed by atoms with Gasteiger partial charge >= 0.3 is 0 Å². The molecule has 0 saturated heterocycles. The van der Waals surface area contributed by atoms with Gasteiger partial charge in [0, 0.05) is 17.7 Å². The van der Waals surface area contributed by atoms with Crippen LogP contribution in [0.4, 0.5) is 11.4 Å². The molecule has 0 saturated carbocycles. The Hall–Kier alpha value is -3.75. The van der Waals surface area contributed by atoms with Crippen LogP contribution in [0, 0.1) is 10.1 Å². The second-order valence-electron chi connectivity index (χ2n) is 5.07. The summed E-state index contributed by atoms with van der Waals surface area (Å²) in [6.07, 6.45) is 0.813. The summed E-state index contributed by atoms with van der Waals surface area (Å²) in [6, 6.07) is 12.6. The van der Waals surface area contributed by atoms with Crippen LogP contribution in [-0.2, 0) is 9.59 Å². The predicted octanol–water partition coefficient (Wildman–Crippen LogP) is 2.08. The lowest BCUT2D eigenvalue weighted by Crippen LogP contribution is -2.24. The number of hydrazone groups is 1. The van der Waals surface area contributed by atoms with Crippen molar-refractivity contribution >= 4 is 29.4 Å². The Labute approximate surface area is 148 Å². The van der Waals surface area contributed by atoms with Gasteiger partial charge in [-0.2, -0.15) is 5.10 Å². The summed E-state index contributed by atoms with van der Waals surface area (Å²) >= 11 is 0. The molecule has 9 nitrogen and oxygen atoms in total. The molecule has 0 atom stereocenters. The Morgan fingerprint density at radius 2 is 1.96 bits per heavy atom. The molecule has 134 valence electrons. The maximum Gasteiger partial charge on any atom is 0.270 e. The predicted molar refractivity (Wildman–Crippen MR) is 95.1 cm³/mol. The minimum atomic E-state index is -0.626. The van der Waals surface area contributed by atoms with E-state index in [2.05, 4.69) is 15.8 Å². The number of carbonyl (C=O) groups is 2. The summed E-state index contributed by atoms with van der Waals surface area (Å²) in [4.78, 5) is 33.8. The monoisotopic (exact) mass is 356 g/mol. The number of nitrogens with one attached hydrogen (secondary N) is 2. The number of nitro benzene ring substituents is 1. The Morgan fingerprint density at radius 1 is 1.19 bits per heavy atom. The highest BCUT2D eigenvalue weighted by molar-refractivity contribution is 6.04. The zero-order chi connectivity index (χ0) is 18.9. The van der Waals surface area contributed by atoms with Crippen molar-refractivity contribution in [2.24, 2.45) is 5.10 Å². The van der Waals surface area contributed by atoms with E-state index in [9.17, 15) is 19.7 Å². The van der Waals surface area contributed by atoms with Gasteiger partial charge < -0.3 is 10.1 Å². The summed E-state index contributed by atoms with van der Waals surface area (Å²) < 4.78 is 5.10. The number of anilines is 1. The van der Waals surface area contributed by atoms with Crippen LogP contribution < -0.4 is 15.5 Å². The number of hydrogen-bond donors (Lipinski definition) is 2. The normalized spacial score (nSPS) is 10.3. The van der Waals surface area contributed by atoms with Crippen molar-refractivity contribution in [1.82, 2.24) is 5.43 Å². The van der Waals surface area contributed by atoms with E-state index < -0.39 is 23.2 Å². The van der Waals surface area contributed by atoms with Crippen LogP contribution >= 0.6 is 0 Å². The summed E-state index contributed by atoms with van der Waals surface area (Å²) in [5, 5.41) is 16.9. The average Bonchev–Trinajstić information content (AvgIpc) is 2.62. The molecule has 0 aromatic heterocycles. The second-order valence-corrected chi connectivity index (χ2v) is 5.07. The van der Waals surface area contributed by atoms with Gasteiger partial charge in [-0.15, -0.1) is 0 Å². The fourth-order valence-corrected chi connectivity index (χ4v) is 2.03. The fraction of sp³-hybridized carbons (Fsp3) is 0.118. The molecule has 0 bridgehead atoms. The number of benzene rings is 2. The van der Waals surface area contributed by atoms with Crippen molar-refractivity contribution in [3.05, 3.63) is 64.2 Å². The van der Waals surface area contributed by atoms with Crippen LogP contribution in [0.15, 0.2) is 53.6 Å². The van der Waals surface area contributed by atoms with Crippen LogP contribution in [0.2, 0.25) is 0 Å². The van der Waals surface area contributed by atoms with Crippen LogP contribution in [0.25, 0.3) is 0 Å². The highest BCUT2D eigenvalue weighted by atomic mass is 16.6. The first-order valence-electron chi connectivity index (χ1n) is 7.49. The van der Waals surface area contributed by atoms with E-state index in [0.29, 0.717) is 17.0 Å². The zero-order valence-electron chi connectivity index (χ0n) is 13.8. The summed E-state index contributed by atoms with van der Waals surface area (Å²) in [5.41, 5.74) is 3.00. The molecule has 2 aromatic rings. The van der Waals surface area contributed by atoms with Crippen molar-refractivity contribution in [3.8, 4) is 5.75 Å². The molecule has 0 unspecified atom stereocenters. The minimum Gasteiger partial charge on any atom is -0.495 e. The molecule has 2 rings (SSSR count). The molecule has 2 amide bonds. The molecule has 9 heteroatoms. The Morgan fingerprint density at radius 3 is 2.69 bits per heavy atom. The van der Waals surface area contributed by atoms with Crippen molar-refractivity contribution < 1.29 is 19.2 Å². The molecule has 2 N–H and O–H groups in total. The van der Waals surface area contributed by atoms with Crippen LogP contribution in [0.1, 0.15) is 12.0 Å². The number of nitrogens with zero attached hydrogens (tertiary/aromatic N) is 2. The van der Waals surface area contributed by atoms with Crippen LogP contribution in [-0.4, -0.2) is 30.1 Å². The quantitative estimate of drug-likeness (QED) is 0.340. The second kappa shape index (κ2) is 8.92. The molecule has 0 fully saturated rings. The van der Waals surface area contributed by atoms with E-state index in [-0.39, 0.29) is 5.69 Å². The van der Waals surface area contributed by atoms with E-state index >= 15 is 0 Å². The number of hydrogen-bond acceptors (Lipinski definition) is 6.